The zero-order chi connectivity index (χ0) is 18.3. The van der Waals surface area contributed by atoms with Crippen molar-refractivity contribution in [2.45, 2.75) is 56.9 Å². The second-order valence-electron chi connectivity index (χ2n) is 7.00. The van der Waals surface area contributed by atoms with Crippen LogP contribution in [0.5, 0.6) is 0 Å². The Labute approximate surface area is 153 Å². The molecule has 1 atom stereocenters. The lowest BCUT2D eigenvalue weighted by Crippen LogP contribution is -2.45. The molecule has 0 amide bonds. The SMILES string of the molecule is CCCC(CCN)N(CCN1CCCC1)S(=O)(=O)c1cccc(C)c1. The molecule has 1 aromatic carbocycles. The van der Waals surface area contributed by atoms with Gasteiger partial charge in [-0.15, -0.1) is 0 Å². The predicted octanol–water partition coefficient (Wildman–Crippen LogP) is 2.60. The molecule has 5 nitrogen and oxygen atoms in total. The monoisotopic (exact) mass is 367 g/mol. The summed E-state index contributed by atoms with van der Waals surface area (Å²) in [6.45, 7) is 8.03. The molecule has 1 heterocycles. The number of rotatable bonds is 10. The van der Waals surface area contributed by atoms with E-state index in [1.165, 1.54) is 12.8 Å². The largest absolute Gasteiger partial charge is 0.330 e. The van der Waals surface area contributed by atoms with E-state index in [-0.39, 0.29) is 6.04 Å². The first-order chi connectivity index (χ1) is 12.0. The molecule has 1 saturated heterocycles. The number of benzene rings is 1. The minimum atomic E-state index is -3.51. The average Bonchev–Trinajstić information content (AvgIpc) is 3.08. The second kappa shape index (κ2) is 9.67. The van der Waals surface area contributed by atoms with Gasteiger partial charge >= 0.3 is 0 Å². The van der Waals surface area contributed by atoms with E-state index in [4.69, 9.17) is 5.73 Å². The number of sulfonamides is 1. The maximum Gasteiger partial charge on any atom is 0.243 e. The highest BCUT2D eigenvalue weighted by Gasteiger charge is 2.31. The lowest BCUT2D eigenvalue weighted by atomic mass is 10.1. The second-order valence-corrected chi connectivity index (χ2v) is 8.89. The summed E-state index contributed by atoms with van der Waals surface area (Å²) < 4.78 is 28.4. The lowest BCUT2D eigenvalue weighted by Gasteiger charge is -2.32. The number of nitrogens with two attached hydrogens (primary N) is 1. The molecule has 25 heavy (non-hydrogen) atoms. The van der Waals surface area contributed by atoms with E-state index in [1.54, 1.807) is 16.4 Å². The topological polar surface area (TPSA) is 66.6 Å². The van der Waals surface area contributed by atoms with Crippen molar-refractivity contribution >= 4 is 10.0 Å². The van der Waals surface area contributed by atoms with Gasteiger partial charge < -0.3 is 10.6 Å². The van der Waals surface area contributed by atoms with Crippen molar-refractivity contribution in [2.75, 3.05) is 32.7 Å². The maximum absolute atomic E-state index is 13.3. The predicted molar refractivity (Wildman–Crippen MR) is 103 cm³/mol. The van der Waals surface area contributed by atoms with Crippen LogP contribution in [0.3, 0.4) is 0 Å². The van der Waals surface area contributed by atoms with Crippen molar-refractivity contribution in [1.29, 1.82) is 0 Å². The van der Waals surface area contributed by atoms with Crippen LogP contribution < -0.4 is 5.73 Å². The summed E-state index contributed by atoms with van der Waals surface area (Å²) in [5.41, 5.74) is 6.75. The molecule has 0 aromatic heterocycles. The molecular weight excluding hydrogens is 334 g/mol. The zero-order valence-corrected chi connectivity index (χ0v) is 16.5. The van der Waals surface area contributed by atoms with Gasteiger partial charge in [0.1, 0.15) is 0 Å². The fourth-order valence-electron chi connectivity index (χ4n) is 3.61. The quantitative estimate of drug-likeness (QED) is 0.690. The van der Waals surface area contributed by atoms with Crippen molar-refractivity contribution in [3.8, 4) is 0 Å². The Morgan fingerprint density at radius 3 is 2.56 bits per heavy atom. The van der Waals surface area contributed by atoms with Gasteiger partial charge in [-0.2, -0.15) is 4.31 Å². The van der Waals surface area contributed by atoms with Crippen LogP contribution in [0.25, 0.3) is 0 Å². The Bertz CT molecular complexity index is 621. The number of hydrogen-bond donors (Lipinski definition) is 1. The molecular formula is C19H33N3O2S. The highest BCUT2D eigenvalue weighted by Crippen LogP contribution is 2.23. The molecule has 1 aliphatic heterocycles. The van der Waals surface area contributed by atoms with Crippen LogP contribution in [0.2, 0.25) is 0 Å². The fraction of sp³-hybridized carbons (Fsp3) is 0.684. The highest BCUT2D eigenvalue weighted by molar-refractivity contribution is 7.89. The minimum Gasteiger partial charge on any atom is -0.330 e. The van der Waals surface area contributed by atoms with Gasteiger partial charge in [-0.05, 0) is 69.9 Å². The molecule has 0 aliphatic carbocycles. The molecule has 142 valence electrons. The van der Waals surface area contributed by atoms with E-state index >= 15 is 0 Å². The first-order valence-corrected chi connectivity index (χ1v) is 10.9. The van der Waals surface area contributed by atoms with Crippen molar-refractivity contribution < 1.29 is 8.42 Å². The van der Waals surface area contributed by atoms with E-state index in [1.807, 2.05) is 19.1 Å². The Morgan fingerprint density at radius 1 is 1.24 bits per heavy atom. The Balaban J connectivity index is 2.26. The van der Waals surface area contributed by atoms with E-state index in [0.717, 1.165) is 38.0 Å². The lowest BCUT2D eigenvalue weighted by molar-refractivity contribution is 0.244. The van der Waals surface area contributed by atoms with Crippen molar-refractivity contribution in [1.82, 2.24) is 9.21 Å². The van der Waals surface area contributed by atoms with Crippen LogP contribution in [-0.2, 0) is 10.0 Å². The van der Waals surface area contributed by atoms with Crippen molar-refractivity contribution in [2.24, 2.45) is 5.73 Å². The third-order valence-corrected chi connectivity index (χ3v) is 6.91. The van der Waals surface area contributed by atoms with Gasteiger partial charge in [0.25, 0.3) is 0 Å². The summed E-state index contributed by atoms with van der Waals surface area (Å²) >= 11 is 0. The number of likely N-dealkylation sites (tertiary alicyclic amines) is 1. The number of hydrogen-bond acceptors (Lipinski definition) is 4. The molecule has 1 aliphatic rings. The minimum absolute atomic E-state index is 0.0249. The van der Waals surface area contributed by atoms with Crippen molar-refractivity contribution in [3.63, 3.8) is 0 Å². The van der Waals surface area contributed by atoms with Gasteiger partial charge in [0.05, 0.1) is 4.90 Å². The van der Waals surface area contributed by atoms with E-state index < -0.39 is 10.0 Å². The Hall–Kier alpha value is -0.950. The fourth-order valence-corrected chi connectivity index (χ4v) is 5.40. The van der Waals surface area contributed by atoms with E-state index in [9.17, 15) is 8.42 Å². The first kappa shape index (κ1) is 20.4. The molecule has 6 heteroatoms. The Kier molecular flexibility index (Phi) is 7.87. The van der Waals surface area contributed by atoms with E-state index in [0.29, 0.717) is 24.4 Å². The summed E-state index contributed by atoms with van der Waals surface area (Å²) in [5.74, 6) is 0. The molecule has 1 aromatic rings. The van der Waals surface area contributed by atoms with Crippen LogP contribution in [0.4, 0.5) is 0 Å². The molecule has 0 saturated carbocycles. The van der Waals surface area contributed by atoms with Gasteiger partial charge in [0.2, 0.25) is 10.0 Å². The van der Waals surface area contributed by atoms with Crippen molar-refractivity contribution in [3.05, 3.63) is 29.8 Å². The van der Waals surface area contributed by atoms with Crippen LogP contribution in [0.1, 0.15) is 44.6 Å². The summed E-state index contributed by atoms with van der Waals surface area (Å²) in [5, 5.41) is 0. The normalized spacial score (nSPS) is 17.3. The van der Waals surface area contributed by atoms with Crippen LogP contribution in [0.15, 0.2) is 29.2 Å². The number of aryl methyl sites for hydroxylation is 1. The molecule has 0 spiro atoms. The summed E-state index contributed by atoms with van der Waals surface area (Å²) in [6.07, 6.45) is 4.94. The van der Waals surface area contributed by atoms with Crippen LogP contribution in [-0.4, -0.2) is 56.4 Å². The molecule has 2 N–H and O–H groups in total. The van der Waals surface area contributed by atoms with Gasteiger partial charge in [-0.1, -0.05) is 25.5 Å². The third-order valence-electron chi connectivity index (χ3n) is 4.96. The molecule has 2 rings (SSSR count). The van der Waals surface area contributed by atoms with E-state index in [2.05, 4.69) is 11.8 Å². The zero-order valence-electron chi connectivity index (χ0n) is 15.7. The van der Waals surface area contributed by atoms with Crippen LogP contribution >= 0.6 is 0 Å². The smallest absolute Gasteiger partial charge is 0.243 e. The standard InChI is InChI=1S/C19H33N3O2S/c1-3-7-18(10-11-20)22(15-14-21-12-4-5-13-21)25(23,24)19-9-6-8-17(2)16-19/h6,8-9,16,18H,3-5,7,10-15,20H2,1-2H3. The molecule has 1 unspecified atom stereocenters. The maximum atomic E-state index is 13.3. The van der Waals surface area contributed by atoms with Gasteiger partial charge in [0.15, 0.2) is 0 Å². The highest BCUT2D eigenvalue weighted by atomic mass is 32.2. The van der Waals surface area contributed by atoms with Gasteiger partial charge in [-0.25, -0.2) is 8.42 Å². The third kappa shape index (κ3) is 5.51. The summed E-state index contributed by atoms with van der Waals surface area (Å²) in [6, 6.07) is 7.19. The summed E-state index contributed by atoms with van der Waals surface area (Å²) in [7, 11) is -3.51. The molecule has 1 fully saturated rings. The van der Waals surface area contributed by atoms with Gasteiger partial charge in [0, 0.05) is 19.1 Å². The molecule has 0 radical (unpaired) electrons. The van der Waals surface area contributed by atoms with Crippen LogP contribution in [0, 0.1) is 6.92 Å². The summed E-state index contributed by atoms with van der Waals surface area (Å²) in [4.78, 5) is 2.76. The number of nitrogens with zero attached hydrogens (tertiary/aromatic N) is 2. The van der Waals surface area contributed by atoms with Gasteiger partial charge in [-0.3, -0.25) is 0 Å². The molecule has 0 bridgehead atoms. The average molecular weight is 368 g/mol. The first-order valence-electron chi connectivity index (χ1n) is 9.50. The Morgan fingerprint density at radius 2 is 1.96 bits per heavy atom.